The minimum Gasteiger partial charge on any atom is -0.406 e. The van der Waals surface area contributed by atoms with E-state index in [-0.39, 0.29) is 24.0 Å². The van der Waals surface area contributed by atoms with Crippen molar-refractivity contribution < 1.29 is 31.2 Å². The van der Waals surface area contributed by atoms with Crippen LogP contribution < -0.4 is 10.1 Å². The molecule has 7 nitrogen and oxygen atoms in total. The van der Waals surface area contributed by atoms with Gasteiger partial charge in [0.1, 0.15) is 12.4 Å². The molecule has 2 heterocycles. The number of piperidine rings is 1. The van der Waals surface area contributed by atoms with Crippen LogP contribution in [0.2, 0.25) is 0 Å². The first-order chi connectivity index (χ1) is 15.2. The van der Waals surface area contributed by atoms with Gasteiger partial charge >= 0.3 is 6.36 Å². The molecular weight excluding hydrogens is 447 g/mol. The molecule has 2 aliphatic heterocycles. The van der Waals surface area contributed by atoms with Gasteiger partial charge in [-0.05, 0) is 42.3 Å². The number of sulfonamides is 1. The number of rotatable bonds is 6. The van der Waals surface area contributed by atoms with Crippen LogP contribution >= 0.6 is 0 Å². The molecule has 2 aliphatic rings. The lowest BCUT2D eigenvalue weighted by molar-refractivity contribution is -0.274. The standard InChI is InChI=1S/C21H22F3N3O4S/c22-21(23,24)31-18-5-7-19(8-6-18)32(28,29)27-11-9-16(10-12-27)26-30-14-17-13-15-3-1-2-4-20(15)25-17/h1-8,17,25H,9-14H2. The minimum atomic E-state index is -4.83. The molecule has 1 saturated heterocycles. The zero-order valence-electron chi connectivity index (χ0n) is 17.0. The molecule has 0 radical (unpaired) electrons. The van der Waals surface area contributed by atoms with E-state index in [0.717, 1.165) is 42.1 Å². The van der Waals surface area contributed by atoms with E-state index in [0.29, 0.717) is 19.4 Å². The van der Waals surface area contributed by atoms with Gasteiger partial charge in [-0.1, -0.05) is 23.4 Å². The van der Waals surface area contributed by atoms with E-state index in [9.17, 15) is 21.6 Å². The van der Waals surface area contributed by atoms with Crippen LogP contribution in [-0.4, -0.2) is 50.5 Å². The number of alkyl halides is 3. The summed E-state index contributed by atoms with van der Waals surface area (Å²) in [6.07, 6.45) is -3.12. The minimum absolute atomic E-state index is 0.0875. The summed E-state index contributed by atoms with van der Waals surface area (Å²) in [4.78, 5) is 5.41. The number of halogens is 3. The number of hydrogen-bond donors (Lipinski definition) is 1. The van der Waals surface area contributed by atoms with Crippen molar-refractivity contribution in [1.82, 2.24) is 4.31 Å². The Morgan fingerprint density at radius 2 is 1.75 bits per heavy atom. The summed E-state index contributed by atoms with van der Waals surface area (Å²) in [7, 11) is -3.82. The van der Waals surface area contributed by atoms with Crippen LogP contribution in [0, 0.1) is 0 Å². The van der Waals surface area contributed by atoms with Crippen molar-refractivity contribution in [2.24, 2.45) is 5.16 Å². The molecule has 1 atom stereocenters. The van der Waals surface area contributed by atoms with Gasteiger partial charge in [-0.15, -0.1) is 13.2 Å². The molecule has 2 aromatic rings. The van der Waals surface area contributed by atoms with Crippen LogP contribution in [0.5, 0.6) is 5.75 Å². The van der Waals surface area contributed by atoms with Crippen LogP contribution in [0.15, 0.2) is 58.6 Å². The molecule has 4 rings (SSSR count). The van der Waals surface area contributed by atoms with Crippen molar-refractivity contribution in [2.45, 2.75) is 36.6 Å². The number of hydrogen-bond acceptors (Lipinski definition) is 6. The zero-order valence-corrected chi connectivity index (χ0v) is 17.8. The summed E-state index contributed by atoms with van der Waals surface area (Å²) in [5.41, 5.74) is 3.12. The summed E-state index contributed by atoms with van der Waals surface area (Å²) in [6.45, 7) is 0.851. The molecule has 0 aliphatic carbocycles. The maximum Gasteiger partial charge on any atom is 0.573 e. The molecule has 172 valence electrons. The van der Waals surface area contributed by atoms with Crippen LogP contribution in [0.4, 0.5) is 18.9 Å². The largest absolute Gasteiger partial charge is 0.573 e. The van der Waals surface area contributed by atoms with Gasteiger partial charge in [0.2, 0.25) is 10.0 Å². The molecule has 0 spiro atoms. The van der Waals surface area contributed by atoms with E-state index >= 15 is 0 Å². The predicted molar refractivity (Wildman–Crippen MR) is 112 cm³/mol. The Morgan fingerprint density at radius 1 is 1.06 bits per heavy atom. The van der Waals surface area contributed by atoms with Gasteiger partial charge in [0.05, 0.1) is 16.6 Å². The lowest BCUT2D eigenvalue weighted by Crippen LogP contribution is -2.38. The first kappa shape index (κ1) is 22.4. The SMILES string of the molecule is O=S(=O)(c1ccc(OC(F)(F)F)cc1)N1CCC(=NOCC2Cc3ccccc3N2)CC1. The summed E-state index contributed by atoms with van der Waals surface area (Å²) >= 11 is 0. The Bertz CT molecular complexity index is 1050. The number of anilines is 1. The Hall–Kier alpha value is -2.79. The van der Waals surface area contributed by atoms with Gasteiger partial charge < -0.3 is 14.9 Å². The number of nitrogens with zero attached hydrogens (tertiary/aromatic N) is 2. The summed E-state index contributed by atoms with van der Waals surface area (Å²) in [5, 5.41) is 7.56. The van der Waals surface area contributed by atoms with Crippen molar-refractivity contribution >= 4 is 21.4 Å². The van der Waals surface area contributed by atoms with Gasteiger partial charge in [-0.3, -0.25) is 0 Å². The second-order valence-electron chi connectivity index (χ2n) is 7.58. The number of benzene rings is 2. The highest BCUT2D eigenvalue weighted by Crippen LogP contribution is 2.27. The molecule has 11 heteroatoms. The molecule has 1 unspecified atom stereocenters. The average molecular weight is 469 g/mol. The Morgan fingerprint density at radius 3 is 2.41 bits per heavy atom. The molecule has 0 bridgehead atoms. The zero-order chi connectivity index (χ0) is 22.8. The molecule has 32 heavy (non-hydrogen) atoms. The van der Waals surface area contributed by atoms with Gasteiger partial charge in [0.25, 0.3) is 0 Å². The van der Waals surface area contributed by atoms with Crippen molar-refractivity contribution in [3.05, 3.63) is 54.1 Å². The Kier molecular flexibility index (Phi) is 6.29. The molecule has 0 saturated carbocycles. The third kappa shape index (κ3) is 5.33. The van der Waals surface area contributed by atoms with Gasteiger partial charge in [-0.25, -0.2) is 8.42 Å². The highest BCUT2D eigenvalue weighted by atomic mass is 32.2. The fourth-order valence-electron chi connectivity index (χ4n) is 3.73. The Balaban J connectivity index is 1.27. The smallest absolute Gasteiger partial charge is 0.406 e. The van der Waals surface area contributed by atoms with E-state index in [2.05, 4.69) is 21.3 Å². The summed E-state index contributed by atoms with van der Waals surface area (Å²) in [5.74, 6) is -0.471. The molecule has 1 N–H and O–H groups in total. The van der Waals surface area contributed by atoms with Crippen molar-refractivity contribution in [1.29, 1.82) is 0 Å². The maximum atomic E-state index is 12.8. The molecule has 2 aromatic carbocycles. The lowest BCUT2D eigenvalue weighted by atomic mass is 10.1. The van der Waals surface area contributed by atoms with Crippen LogP contribution in [-0.2, 0) is 21.3 Å². The molecule has 1 fully saturated rings. The van der Waals surface area contributed by atoms with E-state index in [1.54, 1.807) is 0 Å². The third-order valence-corrected chi connectivity index (χ3v) is 7.22. The molecular formula is C21H22F3N3O4S. The van der Waals surface area contributed by atoms with Crippen LogP contribution in [0.3, 0.4) is 0 Å². The fraction of sp³-hybridized carbons (Fsp3) is 0.381. The van der Waals surface area contributed by atoms with E-state index in [4.69, 9.17) is 4.84 Å². The number of fused-ring (bicyclic) bond motifs is 1. The van der Waals surface area contributed by atoms with Crippen LogP contribution in [0.1, 0.15) is 18.4 Å². The third-order valence-electron chi connectivity index (χ3n) is 5.31. The number of para-hydroxylation sites is 1. The normalized spacial score (nSPS) is 19.2. The fourth-order valence-corrected chi connectivity index (χ4v) is 5.17. The van der Waals surface area contributed by atoms with Gasteiger partial charge in [0.15, 0.2) is 0 Å². The van der Waals surface area contributed by atoms with Crippen molar-refractivity contribution in [3.63, 3.8) is 0 Å². The van der Waals surface area contributed by atoms with Crippen molar-refractivity contribution in [3.8, 4) is 5.75 Å². The number of ether oxygens (including phenoxy) is 1. The number of oxime groups is 1. The van der Waals surface area contributed by atoms with E-state index in [1.165, 1.54) is 9.87 Å². The highest BCUT2D eigenvalue weighted by molar-refractivity contribution is 7.89. The Labute approximate surface area is 183 Å². The van der Waals surface area contributed by atoms with E-state index < -0.39 is 22.1 Å². The van der Waals surface area contributed by atoms with Crippen LogP contribution in [0.25, 0.3) is 0 Å². The first-order valence-electron chi connectivity index (χ1n) is 10.1. The summed E-state index contributed by atoms with van der Waals surface area (Å²) < 4.78 is 67.4. The number of nitrogens with one attached hydrogen (secondary N) is 1. The quantitative estimate of drug-likeness (QED) is 0.652. The average Bonchev–Trinajstić information content (AvgIpc) is 3.16. The van der Waals surface area contributed by atoms with E-state index in [1.807, 2.05) is 18.2 Å². The first-order valence-corrected chi connectivity index (χ1v) is 11.5. The monoisotopic (exact) mass is 469 g/mol. The van der Waals surface area contributed by atoms with Crippen molar-refractivity contribution in [2.75, 3.05) is 25.0 Å². The maximum absolute atomic E-state index is 12.8. The highest BCUT2D eigenvalue weighted by Gasteiger charge is 2.32. The second-order valence-corrected chi connectivity index (χ2v) is 9.52. The summed E-state index contributed by atoms with van der Waals surface area (Å²) in [6, 6.07) is 12.4. The van der Waals surface area contributed by atoms with Gasteiger partial charge in [0, 0.05) is 31.6 Å². The lowest BCUT2D eigenvalue weighted by Gasteiger charge is -2.26. The topological polar surface area (TPSA) is 80.2 Å². The van der Waals surface area contributed by atoms with Gasteiger partial charge in [-0.2, -0.15) is 4.31 Å². The second kappa shape index (κ2) is 8.99. The molecule has 0 aromatic heterocycles. The predicted octanol–water partition coefficient (Wildman–Crippen LogP) is 3.78. The molecule has 0 amide bonds.